The van der Waals surface area contributed by atoms with Gasteiger partial charge in [0.05, 0.1) is 25.9 Å². The van der Waals surface area contributed by atoms with Crippen LogP contribution in [-0.2, 0) is 23.4 Å². The van der Waals surface area contributed by atoms with Crippen molar-refractivity contribution in [1.29, 1.82) is 0 Å². The predicted octanol–water partition coefficient (Wildman–Crippen LogP) is 8.15. The van der Waals surface area contributed by atoms with E-state index in [-0.39, 0.29) is 29.6 Å². The molecule has 4 rings (SSSR count). The zero-order chi connectivity index (χ0) is 42.9. The number of carbonyl (C=O) groups excluding carboxylic acids is 1. The summed E-state index contributed by atoms with van der Waals surface area (Å²) in [5, 5.41) is 13.2. The summed E-state index contributed by atoms with van der Waals surface area (Å²) >= 11 is 0. The second-order valence-electron chi connectivity index (χ2n) is 17.6. The molecule has 0 radical (unpaired) electrons. The van der Waals surface area contributed by atoms with Crippen LogP contribution >= 0.6 is 0 Å². The number of benzene rings is 3. The van der Waals surface area contributed by atoms with Crippen LogP contribution in [0.25, 0.3) is 6.08 Å². The molecule has 1 saturated heterocycles. The molecule has 0 amide bonds. The molecule has 1 aliphatic heterocycles. The lowest BCUT2D eigenvalue weighted by atomic mass is 10.00. The topological polar surface area (TPSA) is 102 Å². The minimum atomic E-state index is -3.09. The zero-order valence-electron chi connectivity index (χ0n) is 36.3. The van der Waals surface area contributed by atoms with Gasteiger partial charge < -0.3 is 38.0 Å². The molecule has 0 aliphatic carbocycles. The number of esters is 1. The second-order valence-corrected chi connectivity index (χ2v) is 27.5. The second kappa shape index (κ2) is 19.5. The highest BCUT2D eigenvalue weighted by Crippen LogP contribution is 2.39. The van der Waals surface area contributed by atoms with Gasteiger partial charge in [-0.25, -0.2) is 9.18 Å². The van der Waals surface area contributed by atoms with Crippen molar-refractivity contribution in [2.45, 2.75) is 121 Å². The number of ether oxygens (including phenoxy) is 6. The van der Waals surface area contributed by atoms with Gasteiger partial charge in [-0.15, -0.1) is 0 Å². The molecule has 0 spiro atoms. The Labute approximate surface area is 347 Å². The summed E-state index contributed by atoms with van der Waals surface area (Å²) in [7, 11) is -1.53. The van der Waals surface area contributed by atoms with Crippen LogP contribution in [0, 0.1) is 11.8 Å². The van der Waals surface area contributed by atoms with Gasteiger partial charge in [0, 0.05) is 21.3 Å². The van der Waals surface area contributed by atoms with Gasteiger partial charge in [0.15, 0.2) is 18.2 Å². The van der Waals surface area contributed by atoms with Crippen molar-refractivity contribution in [3.05, 3.63) is 90.0 Å². The molecule has 4 unspecified atom stereocenters. The van der Waals surface area contributed by atoms with E-state index in [0.717, 1.165) is 16.4 Å². The van der Waals surface area contributed by atoms with E-state index in [1.54, 1.807) is 39.0 Å². The summed E-state index contributed by atoms with van der Waals surface area (Å²) in [5.41, 5.74) is -1.41. The Morgan fingerprint density at radius 1 is 0.983 bits per heavy atom. The highest BCUT2D eigenvalue weighted by atomic mass is 28.4. The fraction of sp³-hybridized carbons (Fsp3) is 0.500. The Balaban J connectivity index is 1.60. The van der Waals surface area contributed by atoms with E-state index in [2.05, 4.69) is 76.5 Å². The summed E-state index contributed by atoms with van der Waals surface area (Å²) in [6.45, 7) is 19.8. The fourth-order valence-corrected chi connectivity index (χ4v) is 12.4. The lowest BCUT2D eigenvalue weighted by molar-refractivity contribution is -0.151. The lowest BCUT2D eigenvalue weighted by Crippen LogP contribution is -2.68. The summed E-state index contributed by atoms with van der Waals surface area (Å²) in [6, 6.07) is 24.2. The normalized spacial score (nSPS) is 19.1. The first-order valence-corrected chi connectivity index (χ1v) is 25.5. The molecule has 5 atom stereocenters. The van der Waals surface area contributed by atoms with Crippen LogP contribution in [0.4, 0.5) is 4.39 Å². The van der Waals surface area contributed by atoms with Crippen molar-refractivity contribution in [2.24, 2.45) is 0 Å². The number of alkyl halides is 1. The first-order chi connectivity index (χ1) is 27.1. The van der Waals surface area contributed by atoms with Crippen molar-refractivity contribution in [3.8, 4) is 23.3 Å². The van der Waals surface area contributed by atoms with Gasteiger partial charge in [-0.05, 0) is 67.2 Å². The van der Waals surface area contributed by atoms with Gasteiger partial charge >= 0.3 is 5.97 Å². The Hall–Kier alpha value is -3.81. The van der Waals surface area contributed by atoms with Crippen LogP contribution in [0.2, 0.25) is 30.7 Å². The van der Waals surface area contributed by atoms with Crippen molar-refractivity contribution in [2.75, 3.05) is 27.6 Å². The van der Waals surface area contributed by atoms with E-state index >= 15 is 4.39 Å². The van der Waals surface area contributed by atoms with Crippen LogP contribution in [0.3, 0.4) is 0 Å². The molecule has 12 heteroatoms. The largest absolute Gasteiger partial charge is 0.497 e. The van der Waals surface area contributed by atoms with E-state index in [4.69, 9.17) is 32.8 Å². The van der Waals surface area contributed by atoms with Crippen LogP contribution in [-0.4, -0.2) is 91.0 Å². The molecule has 0 aromatic heterocycles. The van der Waals surface area contributed by atoms with Crippen LogP contribution in [0.1, 0.15) is 70.8 Å². The summed E-state index contributed by atoms with van der Waals surface area (Å²) in [6.07, 6.45) is -0.0896. The molecule has 1 fully saturated rings. The molecule has 1 aliphatic rings. The van der Waals surface area contributed by atoms with E-state index in [0.29, 0.717) is 17.9 Å². The molecule has 1 N–H and O–H groups in total. The molecule has 1 heterocycles. The first-order valence-electron chi connectivity index (χ1n) is 19.9. The average molecular weight is 835 g/mol. The Kier molecular flexibility index (Phi) is 15.8. The number of rotatable bonds is 17. The van der Waals surface area contributed by atoms with Gasteiger partial charge in [-0.1, -0.05) is 125 Å². The van der Waals surface area contributed by atoms with E-state index < -0.39 is 58.2 Å². The Bertz CT molecular complexity index is 1850. The molecule has 0 bridgehead atoms. The van der Waals surface area contributed by atoms with Gasteiger partial charge in [-0.2, -0.15) is 0 Å². The number of aliphatic hydroxyl groups is 1. The van der Waals surface area contributed by atoms with Crippen molar-refractivity contribution in [1.82, 2.24) is 0 Å². The number of hydrogen-bond acceptors (Lipinski definition) is 9. The van der Waals surface area contributed by atoms with Gasteiger partial charge in [0.25, 0.3) is 8.32 Å². The Morgan fingerprint density at radius 2 is 1.59 bits per heavy atom. The highest BCUT2D eigenvalue weighted by molar-refractivity contribution is 6.99. The van der Waals surface area contributed by atoms with Crippen LogP contribution < -0.4 is 19.8 Å². The molecular weight excluding hydrogens is 772 g/mol. The SMILES string of the molecule is COCOc1cc(OC)cc(/C=C/C[C@@H]2OC(C)(C)OC2C(O)C#CC(C)(F)C(C)O[Si](c2ccccc2)(c2ccccc2)C(C)(C)C)c1C(=O)OCC[Si](C)(C)C. The van der Waals surface area contributed by atoms with Crippen LogP contribution in [0.5, 0.6) is 11.5 Å². The predicted molar refractivity (Wildman–Crippen MR) is 233 cm³/mol. The smallest absolute Gasteiger partial charge is 0.342 e. The third-order valence-corrected chi connectivity index (χ3v) is 17.0. The quantitative estimate of drug-likeness (QED) is 0.0625. The average Bonchev–Trinajstić information content (AvgIpc) is 3.48. The highest BCUT2D eigenvalue weighted by Gasteiger charge is 2.53. The molecular formula is C46H63FO9Si2. The molecule has 9 nitrogen and oxygen atoms in total. The molecule has 0 saturated carbocycles. The Morgan fingerprint density at radius 3 is 2.12 bits per heavy atom. The van der Waals surface area contributed by atoms with Gasteiger partial charge in [-0.3, -0.25) is 0 Å². The molecule has 3 aromatic rings. The fourth-order valence-electron chi connectivity index (χ4n) is 6.94. The summed E-state index contributed by atoms with van der Waals surface area (Å²) in [4.78, 5) is 13.5. The molecule has 316 valence electrons. The molecule has 3 aromatic carbocycles. The van der Waals surface area contributed by atoms with Crippen molar-refractivity contribution >= 4 is 38.8 Å². The van der Waals surface area contributed by atoms with Crippen LogP contribution in [0.15, 0.2) is 78.9 Å². The zero-order valence-corrected chi connectivity index (χ0v) is 38.3. The minimum absolute atomic E-state index is 0.0866. The first kappa shape index (κ1) is 46.9. The third-order valence-electron chi connectivity index (χ3n) is 10.2. The maximum atomic E-state index is 16.8. The number of aliphatic hydroxyl groups excluding tert-OH is 1. The maximum absolute atomic E-state index is 16.8. The summed E-state index contributed by atoms with van der Waals surface area (Å²) in [5.74, 6) is 4.62. The lowest BCUT2D eigenvalue weighted by Gasteiger charge is -2.45. The maximum Gasteiger partial charge on any atom is 0.342 e. The van der Waals surface area contributed by atoms with Crippen molar-refractivity contribution < 1.29 is 47.1 Å². The van der Waals surface area contributed by atoms with Gasteiger partial charge in [0.1, 0.15) is 29.3 Å². The van der Waals surface area contributed by atoms with E-state index in [1.807, 2.05) is 42.5 Å². The number of carbonyl (C=O) groups is 1. The van der Waals surface area contributed by atoms with Crippen molar-refractivity contribution in [3.63, 3.8) is 0 Å². The third kappa shape index (κ3) is 11.9. The molecule has 58 heavy (non-hydrogen) atoms. The summed E-state index contributed by atoms with van der Waals surface area (Å²) < 4.78 is 58.3. The minimum Gasteiger partial charge on any atom is -0.497 e. The standard InChI is InChI=1S/C46H63FO9Si2/c1-33(56-58(44(2,3)4,36-21-15-13-16-22-36)37-23-17-14-18-24-37)46(7,47)27-26-38(48)42-39(54-45(5,6)55-42)25-19-20-34-30-35(51-9)31-40(53-32-50-8)41(34)43(49)52-28-29-57(10,11)12/h13-24,30-31,33,38-39,42,48H,25,28-29,32H2,1-12H3/b20-19+/t33?,38?,39-,42?,46?/m0/s1. The number of hydrogen-bond donors (Lipinski definition) is 1. The van der Waals surface area contributed by atoms with Gasteiger partial charge in [0.2, 0.25) is 0 Å². The van der Waals surface area contributed by atoms with E-state index in [1.165, 1.54) is 21.1 Å². The monoisotopic (exact) mass is 834 g/mol. The van der Waals surface area contributed by atoms with E-state index in [9.17, 15) is 9.90 Å². The number of halogens is 1. The number of methoxy groups -OCH3 is 2.